The van der Waals surface area contributed by atoms with Gasteiger partial charge in [0, 0.05) is 24.6 Å². The second kappa shape index (κ2) is 9.63. The van der Waals surface area contributed by atoms with E-state index in [1.165, 1.54) is 22.3 Å². The largest absolute Gasteiger partial charge is 0.359 e. The topological polar surface area (TPSA) is 92.5 Å². The third kappa shape index (κ3) is 7.08. The van der Waals surface area contributed by atoms with Gasteiger partial charge >= 0.3 is 0 Å². The van der Waals surface area contributed by atoms with Gasteiger partial charge in [0.2, 0.25) is 15.9 Å². The van der Waals surface area contributed by atoms with Gasteiger partial charge in [-0.15, -0.1) is 11.8 Å². The molecule has 0 spiro atoms. The van der Waals surface area contributed by atoms with Crippen LogP contribution in [0.2, 0.25) is 0 Å². The van der Waals surface area contributed by atoms with Crippen LogP contribution < -0.4 is 5.32 Å². The molecule has 1 fully saturated rings. The Hall–Kier alpha value is -1.06. The Morgan fingerprint density at radius 3 is 2.39 bits per heavy atom. The van der Waals surface area contributed by atoms with Gasteiger partial charge in [-0.1, -0.05) is 39.8 Å². The summed E-state index contributed by atoms with van der Waals surface area (Å²) in [6.45, 7) is 14.9. The Morgan fingerprint density at radius 1 is 1.32 bits per heavy atom. The molecule has 2 rings (SSSR count). The Labute approximate surface area is 174 Å². The minimum Gasteiger partial charge on any atom is -0.359 e. The van der Waals surface area contributed by atoms with Crippen molar-refractivity contribution in [3.63, 3.8) is 0 Å². The molecule has 1 saturated heterocycles. The van der Waals surface area contributed by atoms with Crippen LogP contribution in [0.5, 0.6) is 0 Å². The zero-order valence-corrected chi connectivity index (χ0v) is 20.0. The van der Waals surface area contributed by atoms with Crippen molar-refractivity contribution in [2.45, 2.75) is 65.0 Å². The first-order valence-corrected chi connectivity index (χ1v) is 12.5. The molecule has 0 radical (unpaired) electrons. The first-order valence-electron chi connectivity index (χ1n) is 9.67. The van der Waals surface area contributed by atoms with Gasteiger partial charge in [-0.05, 0) is 31.9 Å². The maximum absolute atomic E-state index is 12.6. The summed E-state index contributed by atoms with van der Waals surface area (Å²) in [5, 5.41) is 6.73. The molecule has 9 heteroatoms. The average molecular weight is 434 g/mol. The lowest BCUT2D eigenvalue weighted by molar-refractivity contribution is -0.117. The maximum Gasteiger partial charge on any atom is 0.241 e. The molecule has 0 aromatic carbocycles. The molecule has 1 aliphatic rings. The number of carbonyl (C=O) groups excluding carboxylic acids is 1. The summed E-state index contributed by atoms with van der Waals surface area (Å²) in [7, 11) is -3.13. The number of hydrogen-bond acceptors (Lipinski definition) is 6. The smallest absolute Gasteiger partial charge is 0.241 e. The van der Waals surface area contributed by atoms with Gasteiger partial charge in [0.05, 0.1) is 11.0 Å². The molecule has 1 atom stereocenters. The highest BCUT2D eigenvalue weighted by Crippen LogP contribution is 2.32. The van der Waals surface area contributed by atoms with Crippen LogP contribution in [0.25, 0.3) is 0 Å². The highest BCUT2D eigenvalue weighted by atomic mass is 32.2. The van der Waals surface area contributed by atoms with E-state index in [2.05, 4.69) is 10.5 Å². The predicted molar refractivity (Wildman–Crippen MR) is 116 cm³/mol. The van der Waals surface area contributed by atoms with E-state index in [1.807, 2.05) is 48.5 Å². The summed E-state index contributed by atoms with van der Waals surface area (Å²) in [4.78, 5) is 12.6. The van der Waals surface area contributed by atoms with Gasteiger partial charge < -0.3 is 9.84 Å². The number of amides is 1. The fraction of sp³-hybridized carbons (Fsp3) is 0.789. The van der Waals surface area contributed by atoms with Gasteiger partial charge in [-0.3, -0.25) is 4.79 Å². The van der Waals surface area contributed by atoms with Crippen LogP contribution in [0.4, 0.5) is 5.82 Å². The van der Waals surface area contributed by atoms with Crippen LogP contribution in [-0.2, 0) is 20.2 Å². The van der Waals surface area contributed by atoms with E-state index >= 15 is 0 Å². The lowest BCUT2D eigenvalue weighted by atomic mass is 9.93. The summed E-state index contributed by atoms with van der Waals surface area (Å²) in [5.41, 5.74) is -0.172. The molecule has 1 aromatic rings. The predicted octanol–water partition coefficient (Wildman–Crippen LogP) is 3.73. The number of nitrogens with zero attached hydrogens (tertiary/aromatic N) is 2. The standard InChI is InChI=1S/C17H29N3O4S2.C2H6/c1-16(2,3)13-9-14(19-24-13)18-15(21)17(4,5)25-11-12-7-8-20(10-12)26(6,22)23;1-2/h9,12H,7-8,10-11H2,1-6H3,(H,18,19,21);1-2H3. The van der Waals surface area contributed by atoms with Crippen molar-refractivity contribution in [2.75, 3.05) is 30.4 Å². The van der Waals surface area contributed by atoms with E-state index in [4.69, 9.17) is 4.52 Å². The molecule has 28 heavy (non-hydrogen) atoms. The van der Waals surface area contributed by atoms with Crippen molar-refractivity contribution in [3.8, 4) is 0 Å². The van der Waals surface area contributed by atoms with Crippen LogP contribution in [0, 0.1) is 5.92 Å². The van der Waals surface area contributed by atoms with E-state index < -0.39 is 14.8 Å². The van der Waals surface area contributed by atoms with E-state index in [1.54, 1.807) is 6.07 Å². The number of nitrogens with one attached hydrogen (secondary N) is 1. The third-order valence-electron chi connectivity index (χ3n) is 4.44. The van der Waals surface area contributed by atoms with Crippen molar-refractivity contribution in [1.29, 1.82) is 0 Å². The molecule has 0 aliphatic carbocycles. The number of rotatable bonds is 6. The summed E-state index contributed by atoms with van der Waals surface area (Å²) in [6.07, 6.45) is 2.07. The molecular weight excluding hydrogens is 398 g/mol. The molecule has 1 N–H and O–H groups in total. The quantitative estimate of drug-likeness (QED) is 0.735. The van der Waals surface area contributed by atoms with Gasteiger partial charge in [-0.25, -0.2) is 12.7 Å². The Balaban J connectivity index is 0.00000190. The molecule has 0 bridgehead atoms. The molecule has 0 saturated carbocycles. The number of carbonyl (C=O) groups is 1. The van der Waals surface area contributed by atoms with Crippen LogP contribution >= 0.6 is 11.8 Å². The molecule has 1 aliphatic heterocycles. The molecule has 1 amide bonds. The zero-order chi connectivity index (χ0) is 21.8. The van der Waals surface area contributed by atoms with E-state index in [-0.39, 0.29) is 17.2 Å². The summed E-state index contributed by atoms with van der Waals surface area (Å²) in [5.74, 6) is 1.98. The number of aromatic nitrogens is 1. The lowest BCUT2D eigenvalue weighted by Crippen LogP contribution is -2.35. The summed E-state index contributed by atoms with van der Waals surface area (Å²) >= 11 is 1.54. The van der Waals surface area contributed by atoms with Crippen molar-refractivity contribution in [3.05, 3.63) is 11.8 Å². The first kappa shape index (κ1) is 25.0. The lowest BCUT2D eigenvalue weighted by Gasteiger charge is -2.24. The Bertz CT molecular complexity index is 751. The fourth-order valence-electron chi connectivity index (χ4n) is 2.58. The second-order valence-electron chi connectivity index (χ2n) is 8.38. The summed E-state index contributed by atoms with van der Waals surface area (Å²) in [6, 6.07) is 1.75. The summed E-state index contributed by atoms with van der Waals surface area (Å²) < 4.78 is 29.4. The number of sulfonamides is 1. The Morgan fingerprint density at radius 2 is 1.93 bits per heavy atom. The Kier molecular flexibility index (Phi) is 8.59. The monoisotopic (exact) mass is 433 g/mol. The van der Waals surface area contributed by atoms with Crippen molar-refractivity contribution in [2.24, 2.45) is 5.92 Å². The highest BCUT2D eigenvalue weighted by molar-refractivity contribution is 8.01. The molecular formula is C19H35N3O4S2. The molecule has 1 aromatic heterocycles. The van der Waals surface area contributed by atoms with E-state index in [0.29, 0.717) is 24.7 Å². The fourth-order valence-corrected chi connectivity index (χ4v) is 4.61. The molecule has 1 unspecified atom stereocenters. The second-order valence-corrected chi connectivity index (χ2v) is 12.0. The zero-order valence-electron chi connectivity index (χ0n) is 18.3. The normalized spacial score (nSPS) is 18.5. The minimum absolute atomic E-state index is 0.144. The number of thioether (sulfide) groups is 1. The third-order valence-corrected chi connectivity index (χ3v) is 7.25. The number of hydrogen-bond donors (Lipinski definition) is 1. The van der Waals surface area contributed by atoms with E-state index in [9.17, 15) is 13.2 Å². The van der Waals surface area contributed by atoms with E-state index in [0.717, 1.165) is 12.2 Å². The molecule has 7 nitrogen and oxygen atoms in total. The average Bonchev–Trinajstić information content (AvgIpc) is 3.23. The highest BCUT2D eigenvalue weighted by Gasteiger charge is 2.34. The molecule has 2 heterocycles. The minimum atomic E-state index is -3.13. The van der Waals surface area contributed by atoms with Crippen LogP contribution in [0.15, 0.2) is 10.6 Å². The van der Waals surface area contributed by atoms with Gasteiger partial charge in [0.15, 0.2) is 5.82 Å². The van der Waals surface area contributed by atoms with Crippen LogP contribution in [-0.4, -0.2) is 53.6 Å². The van der Waals surface area contributed by atoms with Crippen molar-refractivity contribution in [1.82, 2.24) is 9.46 Å². The van der Waals surface area contributed by atoms with Crippen LogP contribution in [0.3, 0.4) is 0 Å². The SMILES string of the molecule is CC.CC(C)(SCC1CCN(S(C)(=O)=O)C1)C(=O)Nc1cc(C(C)(C)C)on1. The van der Waals surface area contributed by atoms with Gasteiger partial charge in [0.1, 0.15) is 5.76 Å². The first-order chi connectivity index (χ1) is 12.8. The van der Waals surface area contributed by atoms with Gasteiger partial charge in [-0.2, -0.15) is 0 Å². The molecule has 162 valence electrons. The number of anilines is 1. The van der Waals surface area contributed by atoms with Crippen molar-refractivity contribution >= 4 is 33.5 Å². The van der Waals surface area contributed by atoms with Crippen LogP contribution in [0.1, 0.15) is 60.6 Å². The van der Waals surface area contributed by atoms with Crippen molar-refractivity contribution < 1.29 is 17.7 Å². The maximum atomic E-state index is 12.6. The van der Waals surface area contributed by atoms with Gasteiger partial charge in [0.25, 0.3) is 0 Å².